The normalized spacial score (nSPS) is 22.2. The maximum atomic E-state index is 13.3. The van der Waals surface area contributed by atoms with Crippen LogP contribution in [0, 0.1) is 11.7 Å². The van der Waals surface area contributed by atoms with Crippen molar-refractivity contribution in [3.05, 3.63) is 34.6 Å². The third-order valence-electron chi connectivity index (χ3n) is 3.35. The first-order valence-corrected chi connectivity index (χ1v) is 6.36. The summed E-state index contributed by atoms with van der Waals surface area (Å²) < 4.78 is 13.3. The number of halogens is 2. The zero-order chi connectivity index (χ0) is 14.0. The molecule has 1 aliphatic carbocycles. The number of hydrogen-bond acceptors (Lipinski definition) is 2. The van der Waals surface area contributed by atoms with Gasteiger partial charge in [-0.05, 0) is 25.0 Å². The monoisotopic (exact) mass is 285 g/mol. The van der Waals surface area contributed by atoms with E-state index < -0.39 is 29.7 Å². The number of amides is 1. The number of nitrogens with one attached hydrogen (secondary N) is 1. The molecule has 0 aliphatic heterocycles. The summed E-state index contributed by atoms with van der Waals surface area (Å²) >= 11 is 5.72. The van der Waals surface area contributed by atoms with E-state index in [0.29, 0.717) is 12.8 Å². The Balaban J connectivity index is 2.13. The minimum atomic E-state index is -0.923. The number of benzene rings is 1. The Labute approximate surface area is 114 Å². The molecule has 102 valence electrons. The molecular formula is C13H13ClFNO3. The summed E-state index contributed by atoms with van der Waals surface area (Å²) in [6, 6.07) is 3.53. The van der Waals surface area contributed by atoms with Gasteiger partial charge in [0, 0.05) is 6.04 Å². The molecule has 1 aromatic rings. The van der Waals surface area contributed by atoms with E-state index in [-0.39, 0.29) is 10.6 Å². The van der Waals surface area contributed by atoms with E-state index in [1.807, 2.05) is 0 Å². The number of carbonyl (C=O) groups excluding carboxylic acids is 1. The van der Waals surface area contributed by atoms with Gasteiger partial charge in [-0.1, -0.05) is 24.1 Å². The van der Waals surface area contributed by atoms with Crippen LogP contribution in [0.3, 0.4) is 0 Å². The van der Waals surface area contributed by atoms with Crippen LogP contribution < -0.4 is 5.32 Å². The summed E-state index contributed by atoms with van der Waals surface area (Å²) in [4.78, 5) is 23.0. The van der Waals surface area contributed by atoms with Crippen LogP contribution >= 0.6 is 11.6 Å². The first kappa shape index (κ1) is 13.8. The Morgan fingerprint density at radius 2 is 2.11 bits per heavy atom. The van der Waals surface area contributed by atoms with Crippen LogP contribution in [-0.4, -0.2) is 23.0 Å². The van der Waals surface area contributed by atoms with Gasteiger partial charge in [0.05, 0.1) is 16.5 Å². The molecule has 1 aliphatic rings. The third kappa shape index (κ3) is 2.87. The molecule has 2 unspecified atom stereocenters. The summed E-state index contributed by atoms with van der Waals surface area (Å²) in [5.74, 6) is -2.72. The number of carbonyl (C=O) groups is 2. The Bertz CT molecular complexity index is 521. The second kappa shape index (κ2) is 5.57. The third-order valence-corrected chi connectivity index (χ3v) is 3.73. The van der Waals surface area contributed by atoms with Gasteiger partial charge in [-0.2, -0.15) is 0 Å². The molecule has 6 heteroatoms. The standard InChI is InChI=1S/C13H13ClFNO3/c14-11-8(4-1-5-9(11)15)12(17)16-10-6-2-3-7(10)13(18)19/h1,4-5,7,10H,2-3,6H2,(H,16,17)(H,18,19). The van der Waals surface area contributed by atoms with Crippen molar-refractivity contribution in [2.45, 2.75) is 25.3 Å². The average Bonchev–Trinajstić information content (AvgIpc) is 2.80. The van der Waals surface area contributed by atoms with Gasteiger partial charge in [0.1, 0.15) is 5.82 Å². The van der Waals surface area contributed by atoms with E-state index >= 15 is 0 Å². The highest BCUT2D eigenvalue weighted by molar-refractivity contribution is 6.34. The smallest absolute Gasteiger partial charge is 0.308 e. The molecule has 0 aromatic heterocycles. The first-order chi connectivity index (χ1) is 9.00. The van der Waals surface area contributed by atoms with Crippen molar-refractivity contribution in [1.82, 2.24) is 5.32 Å². The zero-order valence-corrected chi connectivity index (χ0v) is 10.8. The maximum absolute atomic E-state index is 13.3. The molecule has 0 radical (unpaired) electrons. The van der Waals surface area contributed by atoms with Crippen LogP contribution in [0.5, 0.6) is 0 Å². The van der Waals surface area contributed by atoms with Crippen molar-refractivity contribution < 1.29 is 19.1 Å². The SMILES string of the molecule is O=C(NC1CCCC1C(=O)O)c1cccc(F)c1Cl. The predicted octanol–water partition coefficient (Wildman–Crippen LogP) is 2.46. The van der Waals surface area contributed by atoms with Gasteiger partial charge < -0.3 is 10.4 Å². The van der Waals surface area contributed by atoms with Crippen LogP contribution in [0.25, 0.3) is 0 Å². The lowest BCUT2D eigenvalue weighted by atomic mass is 10.0. The topological polar surface area (TPSA) is 66.4 Å². The van der Waals surface area contributed by atoms with Crippen molar-refractivity contribution in [3.8, 4) is 0 Å². The molecule has 0 bridgehead atoms. The van der Waals surface area contributed by atoms with Crippen LogP contribution in [-0.2, 0) is 4.79 Å². The summed E-state index contributed by atoms with van der Waals surface area (Å²) in [7, 11) is 0. The van der Waals surface area contributed by atoms with Crippen LogP contribution in [0.2, 0.25) is 5.02 Å². The fraction of sp³-hybridized carbons (Fsp3) is 0.385. The zero-order valence-electron chi connectivity index (χ0n) is 10.0. The van der Waals surface area contributed by atoms with Crippen molar-refractivity contribution in [2.75, 3.05) is 0 Å². The van der Waals surface area contributed by atoms with E-state index in [2.05, 4.69) is 5.32 Å². The quantitative estimate of drug-likeness (QED) is 0.896. The fourth-order valence-electron chi connectivity index (χ4n) is 2.35. The number of carboxylic acid groups (broad SMARTS) is 1. The van der Waals surface area contributed by atoms with Crippen molar-refractivity contribution in [3.63, 3.8) is 0 Å². The van der Waals surface area contributed by atoms with Gasteiger partial charge in [-0.15, -0.1) is 0 Å². The molecule has 19 heavy (non-hydrogen) atoms. The molecule has 0 saturated heterocycles. The largest absolute Gasteiger partial charge is 0.481 e. The summed E-state index contributed by atoms with van der Waals surface area (Å²) in [5.41, 5.74) is 0.0257. The first-order valence-electron chi connectivity index (χ1n) is 5.98. The summed E-state index contributed by atoms with van der Waals surface area (Å²) in [5, 5.41) is 11.4. The molecule has 1 amide bonds. The molecule has 1 aromatic carbocycles. The molecule has 1 saturated carbocycles. The van der Waals surface area contributed by atoms with Gasteiger partial charge in [0.2, 0.25) is 0 Å². The van der Waals surface area contributed by atoms with Gasteiger partial charge >= 0.3 is 5.97 Å². The lowest BCUT2D eigenvalue weighted by Gasteiger charge is -2.18. The van der Waals surface area contributed by atoms with E-state index in [1.54, 1.807) is 0 Å². The molecule has 2 rings (SSSR count). The second-order valence-electron chi connectivity index (χ2n) is 4.56. The highest BCUT2D eigenvalue weighted by Gasteiger charge is 2.34. The number of carboxylic acids is 1. The number of hydrogen-bond donors (Lipinski definition) is 2. The predicted molar refractivity (Wildman–Crippen MR) is 67.6 cm³/mol. The van der Waals surface area contributed by atoms with Gasteiger partial charge in [0.15, 0.2) is 0 Å². The van der Waals surface area contributed by atoms with E-state index in [4.69, 9.17) is 16.7 Å². The van der Waals surface area contributed by atoms with E-state index in [9.17, 15) is 14.0 Å². The highest BCUT2D eigenvalue weighted by atomic mass is 35.5. The molecular weight excluding hydrogens is 273 g/mol. The maximum Gasteiger partial charge on any atom is 0.308 e. The lowest BCUT2D eigenvalue weighted by molar-refractivity contribution is -0.142. The van der Waals surface area contributed by atoms with E-state index in [0.717, 1.165) is 12.5 Å². The molecule has 2 N–H and O–H groups in total. The van der Waals surface area contributed by atoms with E-state index in [1.165, 1.54) is 12.1 Å². The lowest BCUT2D eigenvalue weighted by Crippen LogP contribution is -2.40. The van der Waals surface area contributed by atoms with Crippen molar-refractivity contribution in [1.29, 1.82) is 0 Å². The number of aliphatic carboxylic acids is 1. The molecule has 1 fully saturated rings. The minimum absolute atomic E-state index is 0.0257. The molecule has 2 atom stereocenters. The van der Waals surface area contributed by atoms with Crippen LogP contribution in [0.15, 0.2) is 18.2 Å². The number of rotatable bonds is 3. The summed E-state index contributed by atoms with van der Waals surface area (Å²) in [6.07, 6.45) is 1.89. The van der Waals surface area contributed by atoms with Gasteiger partial charge in [-0.3, -0.25) is 9.59 Å². The molecule has 0 heterocycles. The average molecular weight is 286 g/mol. The highest BCUT2D eigenvalue weighted by Crippen LogP contribution is 2.27. The Kier molecular flexibility index (Phi) is 4.04. The van der Waals surface area contributed by atoms with Gasteiger partial charge in [0.25, 0.3) is 5.91 Å². The van der Waals surface area contributed by atoms with Crippen molar-refractivity contribution in [2.24, 2.45) is 5.92 Å². The Hall–Kier alpha value is -1.62. The van der Waals surface area contributed by atoms with Crippen molar-refractivity contribution >= 4 is 23.5 Å². The second-order valence-corrected chi connectivity index (χ2v) is 4.93. The summed E-state index contributed by atoms with van der Waals surface area (Å²) in [6.45, 7) is 0. The molecule has 0 spiro atoms. The minimum Gasteiger partial charge on any atom is -0.481 e. The van der Waals surface area contributed by atoms with Crippen LogP contribution in [0.1, 0.15) is 29.6 Å². The Morgan fingerprint density at radius 3 is 2.79 bits per heavy atom. The molecule has 4 nitrogen and oxygen atoms in total. The van der Waals surface area contributed by atoms with Gasteiger partial charge in [-0.25, -0.2) is 4.39 Å². The Morgan fingerprint density at radius 1 is 1.37 bits per heavy atom. The fourth-order valence-corrected chi connectivity index (χ4v) is 2.57. The van der Waals surface area contributed by atoms with Crippen LogP contribution in [0.4, 0.5) is 4.39 Å².